The number of imidazole rings is 1. The van der Waals surface area contributed by atoms with Gasteiger partial charge >= 0.3 is 0 Å². The third-order valence-electron chi connectivity index (χ3n) is 3.14. The van der Waals surface area contributed by atoms with Gasteiger partial charge in [-0.05, 0) is 18.8 Å². The molecule has 0 spiro atoms. The molecule has 1 saturated carbocycles. The average Bonchev–Trinajstić information content (AvgIpc) is 2.86. The molecule has 4 N–H and O–H groups in total. The van der Waals surface area contributed by atoms with Crippen LogP contribution >= 0.6 is 0 Å². The average molecular weight is 261 g/mol. The molecule has 1 aliphatic carbocycles. The van der Waals surface area contributed by atoms with E-state index in [1.807, 2.05) is 0 Å². The molecule has 0 radical (unpaired) electrons. The molecular formula is C11H15N7O. The first-order valence-corrected chi connectivity index (χ1v) is 6.12. The van der Waals surface area contributed by atoms with Crippen LogP contribution in [-0.2, 0) is 0 Å². The zero-order valence-electron chi connectivity index (χ0n) is 10.3. The highest BCUT2D eigenvalue weighted by atomic mass is 16.3. The van der Waals surface area contributed by atoms with Crippen LogP contribution in [0.3, 0.4) is 0 Å². The maximum Gasteiger partial charge on any atom is 0.241 e. The number of aromatic nitrogens is 5. The molecule has 8 heteroatoms. The smallest absolute Gasteiger partial charge is 0.241 e. The van der Waals surface area contributed by atoms with Crippen molar-refractivity contribution in [2.75, 3.05) is 17.6 Å². The first-order valence-electron chi connectivity index (χ1n) is 6.12. The van der Waals surface area contributed by atoms with Crippen LogP contribution in [0.25, 0.3) is 5.95 Å². The van der Waals surface area contributed by atoms with E-state index in [0.717, 1.165) is 19.4 Å². The summed E-state index contributed by atoms with van der Waals surface area (Å²) >= 11 is 0. The zero-order chi connectivity index (χ0) is 13.2. The number of nitrogen functional groups attached to an aromatic ring is 1. The van der Waals surface area contributed by atoms with E-state index in [9.17, 15) is 5.11 Å². The monoisotopic (exact) mass is 261 g/mol. The van der Waals surface area contributed by atoms with E-state index in [1.165, 1.54) is 0 Å². The van der Waals surface area contributed by atoms with Gasteiger partial charge in [-0.3, -0.25) is 4.57 Å². The van der Waals surface area contributed by atoms with E-state index in [-0.39, 0.29) is 12.1 Å². The molecule has 2 aromatic heterocycles. The van der Waals surface area contributed by atoms with Crippen molar-refractivity contribution in [1.82, 2.24) is 24.5 Å². The Kier molecular flexibility index (Phi) is 3.00. The van der Waals surface area contributed by atoms with Crippen molar-refractivity contribution < 1.29 is 5.11 Å². The van der Waals surface area contributed by atoms with Gasteiger partial charge in [0, 0.05) is 18.9 Å². The topological polar surface area (TPSA) is 115 Å². The number of anilines is 2. The number of rotatable bonds is 4. The number of hydrogen-bond acceptors (Lipinski definition) is 7. The summed E-state index contributed by atoms with van der Waals surface area (Å²) in [6.07, 6.45) is 6.46. The summed E-state index contributed by atoms with van der Waals surface area (Å²) in [5, 5.41) is 12.4. The van der Waals surface area contributed by atoms with Gasteiger partial charge in [-0.2, -0.15) is 15.0 Å². The van der Waals surface area contributed by atoms with Crippen molar-refractivity contribution in [3.05, 3.63) is 18.7 Å². The maximum absolute atomic E-state index is 9.23. The Morgan fingerprint density at radius 1 is 1.37 bits per heavy atom. The molecule has 19 heavy (non-hydrogen) atoms. The van der Waals surface area contributed by atoms with Gasteiger partial charge in [0.2, 0.25) is 17.8 Å². The molecule has 2 heterocycles. The molecule has 0 aromatic carbocycles. The van der Waals surface area contributed by atoms with Gasteiger partial charge in [0.1, 0.15) is 6.33 Å². The maximum atomic E-state index is 9.23. The molecule has 0 amide bonds. The SMILES string of the molecule is Nc1nc(NCC2CC(O)C2)nc(-n2ccnc2)n1. The lowest BCUT2D eigenvalue weighted by Crippen LogP contribution is -2.33. The largest absolute Gasteiger partial charge is 0.393 e. The fraction of sp³-hybridized carbons (Fsp3) is 0.455. The highest BCUT2D eigenvalue weighted by molar-refractivity contribution is 5.35. The van der Waals surface area contributed by atoms with Crippen molar-refractivity contribution in [2.24, 2.45) is 5.92 Å². The van der Waals surface area contributed by atoms with Crippen LogP contribution in [0, 0.1) is 5.92 Å². The summed E-state index contributed by atoms with van der Waals surface area (Å²) < 4.78 is 1.66. The molecule has 3 rings (SSSR count). The Labute approximate surface area is 109 Å². The predicted octanol–water partition coefficient (Wildman–Crippen LogP) is -0.178. The Morgan fingerprint density at radius 3 is 2.89 bits per heavy atom. The second-order valence-electron chi connectivity index (χ2n) is 4.66. The molecule has 0 saturated heterocycles. The van der Waals surface area contributed by atoms with Crippen LogP contribution in [0.15, 0.2) is 18.7 Å². The highest BCUT2D eigenvalue weighted by Gasteiger charge is 2.26. The normalized spacial score (nSPS) is 21.9. The lowest BCUT2D eigenvalue weighted by Gasteiger charge is -2.31. The quantitative estimate of drug-likeness (QED) is 0.699. The molecule has 2 aromatic rings. The molecule has 100 valence electrons. The first kappa shape index (κ1) is 11.8. The van der Waals surface area contributed by atoms with Crippen LogP contribution < -0.4 is 11.1 Å². The van der Waals surface area contributed by atoms with Crippen LogP contribution in [-0.4, -0.2) is 42.3 Å². The van der Waals surface area contributed by atoms with Crippen LogP contribution in [0.5, 0.6) is 0 Å². The number of aliphatic hydroxyl groups is 1. The lowest BCUT2D eigenvalue weighted by atomic mass is 9.82. The van der Waals surface area contributed by atoms with Crippen molar-refractivity contribution in [1.29, 1.82) is 0 Å². The highest BCUT2D eigenvalue weighted by Crippen LogP contribution is 2.26. The third-order valence-corrected chi connectivity index (χ3v) is 3.14. The van der Waals surface area contributed by atoms with Gasteiger partial charge in [0.15, 0.2) is 0 Å². The summed E-state index contributed by atoms with van der Waals surface area (Å²) in [5.74, 6) is 1.50. The second kappa shape index (κ2) is 4.81. The Bertz CT molecular complexity index is 550. The fourth-order valence-corrected chi connectivity index (χ4v) is 2.06. The minimum absolute atomic E-state index is 0.156. The number of nitrogens with zero attached hydrogens (tertiary/aromatic N) is 5. The summed E-state index contributed by atoms with van der Waals surface area (Å²) in [4.78, 5) is 16.3. The summed E-state index contributed by atoms with van der Waals surface area (Å²) in [7, 11) is 0. The number of hydrogen-bond donors (Lipinski definition) is 3. The number of nitrogens with one attached hydrogen (secondary N) is 1. The Balaban J connectivity index is 1.71. The molecule has 0 unspecified atom stereocenters. The van der Waals surface area contributed by atoms with Gasteiger partial charge in [-0.15, -0.1) is 0 Å². The van der Waals surface area contributed by atoms with Crippen LogP contribution in [0.2, 0.25) is 0 Å². The van der Waals surface area contributed by atoms with Crippen LogP contribution in [0.1, 0.15) is 12.8 Å². The molecule has 8 nitrogen and oxygen atoms in total. The van der Waals surface area contributed by atoms with E-state index in [1.54, 1.807) is 23.3 Å². The van der Waals surface area contributed by atoms with E-state index in [0.29, 0.717) is 17.8 Å². The Hall–Kier alpha value is -2.22. The number of aliphatic hydroxyl groups excluding tert-OH is 1. The Morgan fingerprint density at radius 2 is 2.21 bits per heavy atom. The second-order valence-corrected chi connectivity index (χ2v) is 4.66. The van der Waals surface area contributed by atoms with Gasteiger partial charge in [-0.25, -0.2) is 4.98 Å². The van der Waals surface area contributed by atoms with E-state index >= 15 is 0 Å². The van der Waals surface area contributed by atoms with Crippen molar-refractivity contribution >= 4 is 11.9 Å². The molecule has 0 aliphatic heterocycles. The molecule has 1 fully saturated rings. The predicted molar refractivity (Wildman–Crippen MR) is 68.6 cm³/mol. The lowest BCUT2D eigenvalue weighted by molar-refractivity contribution is 0.0486. The van der Waals surface area contributed by atoms with Crippen molar-refractivity contribution in [2.45, 2.75) is 18.9 Å². The van der Waals surface area contributed by atoms with Crippen molar-refractivity contribution in [3.63, 3.8) is 0 Å². The van der Waals surface area contributed by atoms with Crippen LogP contribution in [0.4, 0.5) is 11.9 Å². The number of nitrogens with two attached hydrogens (primary N) is 1. The summed E-state index contributed by atoms with van der Waals surface area (Å²) in [6, 6.07) is 0. The molecule has 0 bridgehead atoms. The first-order chi connectivity index (χ1) is 9.20. The van der Waals surface area contributed by atoms with Gasteiger partial charge in [0.25, 0.3) is 0 Å². The molecule has 0 atom stereocenters. The zero-order valence-corrected chi connectivity index (χ0v) is 10.3. The summed E-state index contributed by atoms with van der Waals surface area (Å²) in [6.45, 7) is 0.726. The summed E-state index contributed by atoms with van der Waals surface area (Å²) in [5.41, 5.74) is 5.66. The minimum Gasteiger partial charge on any atom is -0.393 e. The minimum atomic E-state index is -0.156. The van der Waals surface area contributed by atoms with Gasteiger partial charge in [-0.1, -0.05) is 0 Å². The van der Waals surface area contributed by atoms with Gasteiger partial charge < -0.3 is 16.2 Å². The standard InChI is InChI=1S/C11H15N7O/c12-9-15-10(14-5-7-3-8(19)4-7)17-11(16-9)18-2-1-13-6-18/h1-2,6-8,19H,3-5H2,(H3,12,14,15,16,17). The van der Waals surface area contributed by atoms with Crippen molar-refractivity contribution in [3.8, 4) is 5.95 Å². The van der Waals surface area contributed by atoms with E-state index in [2.05, 4.69) is 25.3 Å². The molecular weight excluding hydrogens is 246 g/mol. The van der Waals surface area contributed by atoms with E-state index < -0.39 is 0 Å². The molecule has 1 aliphatic rings. The van der Waals surface area contributed by atoms with Gasteiger partial charge in [0.05, 0.1) is 6.10 Å². The fourth-order valence-electron chi connectivity index (χ4n) is 2.06. The van der Waals surface area contributed by atoms with E-state index in [4.69, 9.17) is 5.73 Å². The third kappa shape index (κ3) is 2.63.